The zero-order valence-corrected chi connectivity index (χ0v) is 9.94. The summed E-state index contributed by atoms with van der Waals surface area (Å²) < 4.78 is 5.67. The predicted molar refractivity (Wildman–Crippen MR) is 59.5 cm³/mol. The van der Waals surface area contributed by atoms with Gasteiger partial charge < -0.3 is 14.5 Å². The van der Waals surface area contributed by atoms with E-state index in [4.69, 9.17) is 10.00 Å². The van der Waals surface area contributed by atoms with Gasteiger partial charge in [0, 0.05) is 26.2 Å². The van der Waals surface area contributed by atoms with Gasteiger partial charge in [0.2, 0.25) is 0 Å². The maximum atomic E-state index is 8.72. The number of hydrogen-bond donors (Lipinski definition) is 0. The molecule has 4 nitrogen and oxygen atoms in total. The van der Waals surface area contributed by atoms with Gasteiger partial charge in [0.05, 0.1) is 24.7 Å². The van der Waals surface area contributed by atoms with Gasteiger partial charge in [-0.05, 0) is 21.0 Å². The standard InChI is InChI=1S/C11H21N3O/c1-10(6-12)7-14(3)9-11-8-13(2)4-5-15-11/h10-11H,4-5,7-9H2,1-3H3. The maximum Gasteiger partial charge on any atom is 0.0829 e. The van der Waals surface area contributed by atoms with Crippen LogP contribution in [-0.4, -0.2) is 62.8 Å². The van der Waals surface area contributed by atoms with E-state index in [1.54, 1.807) is 0 Å². The quantitative estimate of drug-likeness (QED) is 0.675. The van der Waals surface area contributed by atoms with E-state index in [1.807, 2.05) is 14.0 Å². The van der Waals surface area contributed by atoms with E-state index in [9.17, 15) is 0 Å². The number of hydrogen-bond acceptors (Lipinski definition) is 4. The molecule has 1 aliphatic rings. The van der Waals surface area contributed by atoms with Gasteiger partial charge in [-0.15, -0.1) is 0 Å². The Morgan fingerprint density at radius 3 is 3.00 bits per heavy atom. The Morgan fingerprint density at radius 2 is 2.40 bits per heavy atom. The number of rotatable bonds is 4. The second-order valence-corrected chi connectivity index (χ2v) is 4.51. The van der Waals surface area contributed by atoms with Crippen molar-refractivity contribution < 1.29 is 4.74 Å². The summed E-state index contributed by atoms with van der Waals surface area (Å²) in [5.41, 5.74) is 0. The minimum Gasteiger partial charge on any atom is -0.374 e. The van der Waals surface area contributed by atoms with Gasteiger partial charge in [-0.3, -0.25) is 0 Å². The lowest BCUT2D eigenvalue weighted by Gasteiger charge is -2.32. The highest BCUT2D eigenvalue weighted by Gasteiger charge is 2.19. The number of nitriles is 1. The van der Waals surface area contributed by atoms with E-state index < -0.39 is 0 Å². The molecule has 1 aliphatic heterocycles. The lowest BCUT2D eigenvalue weighted by atomic mass is 10.2. The van der Waals surface area contributed by atoms with E-state index in [2.05, 4.69) is 22.9 Å². The summed E-state index contributed by atoms with van der Waals surface area (Å²) in [5.74, 6) is 0.0938. The summed E-state index contributed by atoms with van der Waals surface area (Å²) in [4.78, 5) is 4.47. The highest BCUT2D eigenvalue weighted by Crippen LogP contribution is 2.05. The maximum absolute atomic E-state index is 8.72. The molecule has 2 unspecified atom stereocenters. The molecule has 0 aromatic heterocycles. The molecule has 15 heavy (non-hydrogen) atoms. The topological polar surface area (TPSA) is 39.5 Å². The van der Waals surface area contributed by atoms with Crippen molar-refractivity contribution in [3.8, 4) is 6.07 Å². The highest BCUT2D eigenvalue weighted by atomic mass is 16.5. The van der Waals surface area contributed by atoms with E-state index in [0.29, 0.717) is 6.10 Å². The average Bonchev–Trinajstić information content (AvgIpc) is 2.17. The molecule has 0 aromatic rings. The molecule has 1 heterocycles. The van der Waals surface area contributed by atoms with E-state index in [-0.39, 0.29) is 5.92 Å². The summed E-state index contributed by atoms with van der Waals surface area (Å²) in [6.07, 6.45) is 0.291. The zero-order valence-electron chi connectivity index (χ0n) is 9.94. The Kier molecular flexibility index (Phi) is 5.03. The lowest BCUT2D eigenvalue weighted by molar-refractivity contribution is -0.0331. The third kappa shape index (κ3) is 4.61. The van der Waals surface area contributed by atoms with Crippen molar-refractivity contribution in [3.63, 3.8) is 0 Å². The molecule has 1 saturated heterocycles. The molecular formula is C11H21N3O. The van der Waals surface area contributed by atoms with Crippen molar-refractivity contribution in [1.82, 2.24) is 9.80 Å². The molecule has 0 aliphatic carbocycles. The number of ether oxygens (including phenoxy) is 1. The van der Waals surface area contributed by atoms with Crippen molar-refractivity contribution in [2.24, 2.45) is 5.92 Å². The van der Waals surface area contributed by atoms with E-state index in [0.717, 1.165) is 32.8 Å². The van der Waals surface area contributed by atoms with Gasteiger partial charge in [-0.1, -0.05) is 0 Å². The Labute approximate surface area is 92.4 Å². The fourth-order valence-corrected chi connectivity index (χ4v) is 1.91. The molecule has 1 rings (SSSR count). The molecule has 86 valence electrons. The van der Waals surface area contributed by atoms with Gasteiger partial charge >= 0.3 is 0 Å². The molecular weight excluding hydrogens is 190 g/mol. The number of nitrogens with zero attached hydrogens (tertiary/aromatic N) is 3. The fraction of sp³-hybridized carbons (Fsp3) is 0.909. The molecule has 1 fully saturated rings. The van der Waals surface area contributed by atoms with Crippen molar-refractivity contribution in [2.45, 2.75) is 13.0 Å². The first kappa shape index (κ1) is 12.4. The molecule has 0 N–H and O–H groups in total. The number of likely N-dealkylation sites (N-methyl/N-ethyl adjacent to an activating group) is 2. The first-order chi connectivity index (χ1) is 7.11. The third-order valence-electron chi connectivity index (χ3n) is 2.66. The SMILES string of the molecule is CC(C#N)CN(C)CC1CN(C)CCO1. The molecule has 4 heteroatoms. The van der Waals surface area contributed by atoms with Crippen LogP contribution < -0.4 is 0 Å². The second kappa shape index (κ2) is 6.06. The van der Waals surface area contributed by atoms with E-state index >= 15 is 0 Å². The zero-order chi connectivity index (χ0) is 11.3. The summed E-state index contributed by atoms with van der Waals surface area (Å²) >= 11 is 0. The normalized spacial score (nSPS) is 25.1. The number of morpholine rings is 1. The highest BCUT2D eigenvalue weighted by molar-refractivity contribution is 4.82. The smallest absolute Gasteiger partial charge is 0.0829 e. The van der Waals surface area contributed by atoms with Gasteiger partial charge in [-0.25, -0.2) is 0 Å². The first-order valence-corrected chi connectivity index (χ1v) is 5.50. The second-order valence-electron chi connectivity index (χ2n) is 4.51. The molecule has 0 radical (unpaired) electrons. The van der Waals surface area contributed by atoms with Crippen LogP contribution in [0.1, 0.15) is 6.92 Å². The predicted octanol–water partition coefficient (Wildman–Crippen LogP) is 0.408. The van der Waals surface area contributed by atoms with Crippen LogP contribution in [0.4, 0.5) is 0 Å². The minimum absolute atomic E-state index is 0.0938. The van der Waals surface area contributed by atoms with Gasteiger partial charge in [0.1, 0.15) is 0 Å². The molecule has 0 spiro atoms. The molecule has 0 aromatic carbocycles. The van der Waals surface area contributed by atoms with Crippen molar-refractivity contribution in [2.75, 3.05) is 46.9 Å². The summed E-state index contributed by atoms with van der Waals surface area (Å²) in [7, 11) is 4.17. The third-order valence-corrected chi connectivity index (χ3v) is 2.66. The first-order valence-electron chi connectivity index (χ1n) is 5.50. The van der Waals surface area contributed by atoms with Crippen LogP contribution in [0.25, 0.3) is 0 Å². The molecule has 0 amide bonds. The van der Waals surface area contributed by atoms with Crippen molar-refractivity contribution >= 4 is 0 Å². The summed E-state index contributed by atoms with van der Waals surface area (Å²) in [6, 6.07) is 2.25. The van der Waals surface area contributed by atoms with E-state index in [1.165, 1.54) is 0 Å². The summed E-state index contributed by atoms with van der Waals surface area (Å²) in [5, 5.41) is 8.72. The average molecular weight is 211 g/mol. The summed E-state index contributed by atoms with van der Waals surface area (Å²) in [6.45, 7) is 6.52. The monoisotopic (exact) mass is 211 g/mol. The Hall–Kier alpha value is -0.630. The van der Waals surface area contributed by atoms with Gasteiger partial charge in [0.15, 0.2) is 0 Å². The fourth-order valence-electron chi connectivity index (χ4n) is 1.91. The molecule has 0 bridgehead atoms. The minimum atomic E-state index is 0.0938. The van der Waals surface area contributed by atoms with Crippen LogP contribution in [0.15, 0.2) is 0 Å². The van der Waals surface area contributed by atoms with Crippen LogP contribution in [0, 0.1) is 17.2 Å². The Balaban J connectivity index is 2.25. The van der Waals surface area contributed by atoms with Crippen LogP contribution in [0.2, 0.25) is 0 Å². The van der Waals surface area contributed by atoms with Crippen LogP contribution in [0.5, 0.6) is 0 Å². The lowest BCUT2D eigenvalue weighted by Crippen LogP contribution is -2.45. The molecule has 2 atom stereocenters. The van der Waals surface area contributed by atoms with Crippen LogP contribution in [0.3, 0.4) is 0 Å². The van der Waals surface area contributed by atoms with Gasteiger partial charge in [0.25, 0.3) is 0 Å². The van der Waals surface area contributed by atoms with Crippen LogP contribution >= 0.6 is 0 Å². The molecule has 0 saturated carbocycles. The largest absolute Gasteiger partial charge is 0.374 e. The van der Waals surface area contributed by atoms with Crippen molar-refractivity contribution in [3.05, 3.63) is 0 Å². The Morgan fingerprint density at radius 1 is 1.67 bits per heavy atom. The van der Waals surface area contributed by atoms with Crippen LogP contribution in [-0.2, 0) is 4.74 Å². The van der Waals surface area contributed by atoms with Crippen molar-refractivity contribution in [1.29, 1.82) is 5.26 Å². The van der Waals surface area contributed by atoms with Gasteiger partial charge in [-0.2, -0.15) is 5.26 Å². The Bertz CT molecular complexity index is 226.